The number of hydrogen-bond donors (Lipinski definition) is 1. The number of ether oxygens (including phenoxy) is 2. The highest BCUT2D eigenvalue weighted by molar-refractivity contribution is 4.81. The van der Waals surface area contributed by atoms with Gasteiger partial charge in [-0.1, -0.05) is 0 Å². The number of quaternary nitrogens is 1. The number of rotatable bonds is 1. The Morgan fingerprint density at radius 2 is 2.14 bits per heavy atom. The SMILES string of the molecule is C[N+]1([O-])CCC2(CC1)OCC(CO)O2. The first-order valence-corrected chi connectivity index (χ1v) is 5.03. The van der Waals surface area contributed by atoms with E-state index in [4.69, 9.17) is 14.6 Å². The molecule has 5 nitrogen and oxygen atoms in total. The largest absolute Gasteiger partial charge is 0.633 e. The average Bonchev–Trinajstić information content (AvgIpc) is 2.56. The third kappa shape index (κ3) is 1.92. The predicted octanol–water partition coefficient (Wildman–Crippen LogP) is -0.171. The summed E-state index contributed by atoms with van der Waals surface area (Å²) in [4.78, 5) is 0. The molecule has 82 valence electrons. The third-order valence-electron chi connectivity index (χ3n) is 3.05. The zero-order chi connectivity index (χ0) is 10.2. The lowest BCUT2D eigenvalue weighted by Gasteiger charge is -2.46. The first-order valence-electron chi connectivity index (χ1n) is 5.03. The van der Waals surface area contributed by atoms with Crippen molar-refractivity contribution in [1.29, 1.82) is 0 Å². The van der Waals surface area contributed by atoms with Crippen molar-refractivity contribution in [1.82, 2.24) is 0 Å². The van der Waals surface area contributed by atoms with Gasteiger partial charge in [-0.15, -0.1) is 0 Å². The Kier molecular flexibility index (Phi) is 2.53. The molecule has 0 aromatic rings. The molecule has 0 aliphatic carbocycles. The van der Waals surface area contributed by atoms with E-state index in [0.717, 1.165) is 0 Å². The molecule has 2 aliphatic heterocycles. The van der Waals surface area contributed by atoms with Gasteiger partial charge in [-0.25, -0.2) is 0 Å². The summed E-state index contributed by atoms with van der Waals surface area (Å²) in [6, 6.07) is 0. The number of aliphatic hydroxyl groups is 1. The third-order valence-corrected chi connectivity index (χ3v) is 3.05. The van der Waals surface area contributed by atoms with Crippen LogP contribution in [0.15, 0.2) is 0 Å². The molecule has 2 heterocycles. The van der Waals surface area contributed by atoms with Gasteiger partial charge in [-0.3, -0.25) is 0 Å². The van der Waals surface area contributed by atoms with Gasteiger partial charge in [0.1, 0.15) is 6.10 Å². The van der Waals surface area contributed by atoms with Gasteiger partial charge in [0.2, 0.25) is 0 Å². The van der Waals surface area contributed by atoms with Crippen molar-refractivity contribution in [3.63, 3.8) is 0 Å². The van der Waals surface area contributed by atoms with Crippen LogP contribution in [0.2, 0.25) is 0 Å². The molecule has 0 amide bonds. The van der Waals surface area contributed by atoms with Gasteiger partial charge in [0, 0.05) is 0 Å². The standard InChI is InChI=1S/C9H17NO4/c1-10(12)4-2-9(3-5-10)13-7-8(6-11)14-9/h8,11H,2-7H2,1H3. The number of hydrogen-bond acceptors (Lipinski definition) is 4. The maximum atomic E-state index is 11.6. The van der Waals surface area contributed by atoms with Gasteiger partial charge in [0.15, 0.2) is 5.79 Å². The molecule has 2 fully saturated rings. The number of piperidine rings is 1. The smallest absolute Gasteiger partial charge is 0.179 e. The second-order valence-electron chi connectivity index (χ2n) is 4.39. The summed E-state index contributed by atoms with van der Waals surface area (Å²) in [7, 11) is 1.67. The van der Waals surface area contributed by atoms with Crippen molar-refractivity contribution >= 4 is 0 Å². The monoisotopic (exact) mass is 203 g/mol. The molecular formula is C9H17NO4. The molecule has 1 unspecified atom stereocenters. The number of aliphatic hydroxyl groups excluding tert-OH is 1. The molecule has 0 saturated carbocycles. The van der Waals surface area contributed by atoms with Crippen LogP contribution in [0.1, 0.15) is 12.8 Å². The minimum absolute atomic E-state index is 0.00868. The Bertz CT molecular complexity index is 209. The van der Waals surface area contributed by atoms with Gasteiger partial charge in [0.05, 0.1) is 46.2 Å². The molecule has 14 heavy (non-hydrogen) atoms. The van der Waals surface area contributed by atoms with Crippen molar-refractivity contribution < 1.29 is 19.2 Å². The van der Waals surface area contributed by atoms with E-state index in [2.05, 4.69) is 0 Å². The maximum Gasteiger partial charge on any atom is 0.179 e. The van der Waals surface area contributed by atoms with Crippen LogP contribution in [0, 0.1) is 5.21 Å². The Hall–Kier alpha value is -0.200. The normalized spacial score (nSPS) is 48.6. The highest BCUT2D eigenvalue weighted by atomic mass is 16.7. The highest BCUT2D eigenvalue weighted by Crippen LogP contribution is 2.35. The quantitative estimate of drug-likeness (QED) is 0.474. The minimum Gasteiger partial charge on any atom is -0.633 e. The summed E-state index contributed by atoms with van der Waals surface area (Å²) in [5, 5.41) is 20.5. The average molecular weight is 203 g/mol. The minimum atomic E-state index is -0.574. The molecule has 0 radical (unpaired) electrons. The molecular weight excluding hydrogens is 186 g/mol. The van der Waals surface area contributed by atoms with Gasteiger partial charge in [-0.05, 0) is 0 Å². The van der Waals surface area contributed by atoms with Crippen LogP contribution in [0.25, 0.3) is 0 Å². The summed E-state index contributed by atoms with van der Waals surface area (Å²) in [6.07, 6.45) is 1.05. The number of likely N-dealkylation sites (tertiary alicyclic amines) is 1. The van der Waals surface area contributed by atoms with Crippen LogP contribution in [0.5, 0.6) is 0 Å². The lowest BCUT2D eigenvalue weighted by Crippen LogP contribution is -2.52. The first-order chi connectivity index (χ1) is 6.55. The number of hydroxylamine groups is 3. The van der Waals surface area contributed by atoms with Gasteiger partial charge in [-0.2, -0.15) is 0 Å². The Labute approximate surface area is 83.4 Å². The van der Waals surface area contributed by atoms with E-state index in [1.165, 1.54) is 0 Å². The van der Waals surface area contributed by atoms with Gasteiger partial charge < -0.3 is 24.4 Å². The van der Waals surface area contributed by atoms with E-state index in [1.54, 1.807) is 7.05 Å². The van der Waals surface area contributed by atoms with E-state index in [-0.39, 0.29) is 17.4 Å². The summed E-state index contributed by atoms with van der Waals surface area (Å²) in [5.41, 5.74) is 0. The summed E-state index contributed by atoms with van der Waals surface area (Å²) < 4.78 is 10.9. The van der Waals surface area contributed by atoms with E-state index < -0.39 is 5.79 Å². The number of nitrogens with zero attached hydrogens (tertiary/aromatic N) is 1. The molecule has 2 rings (SSSR count). The van der Waals surface area contributed by atoms with Crippen molar-refractivity contribution in [3.05, 3.63) is 5.21 Å². The van der Waals surface area contributed by atoms with Crippen LogP contribution < -0.4 is 0 Å². The molecule has 2 saturated heterocycles. The van der Waals surface area contributed by atoms with Crippen LogP contribution in [-0.4, -0.2) is 55.0 Å². The topological polar surface area (TPSA) is 61.8 Å². The molecule has 5 heteroatoms. The van der Waals surface area contributed by atoms with E-state index in [0.29, 0.717) is 32.5 Å². The van der Waals surface area contributed by atoms with Crippen LogP contribution in [-0.2, 0) is 9.47 Å². The maximum absolute atomic E-state index is 11.6. The highest BCUT2D eigenvalue weighted by Gasteiger charge is 2.45. The van der Waals surface area contributed by atoms with Crippen LogP contribution >= 0.6 is 0 Å². The Morgan fingerprint density at radius 1 is 1.50 bits per heavy atom. The molecule has 1 N–H and O–H groups in total. The van der Waals surface area contributed by atoms with Crippen molar-refractivity contribution in [2.24, 2.45) is 0 Å². The Balaban J connectivity index is 1.94. The fourth-order valence-corrected chi connectivity index (χ4v) is 2.02. The lowest BCUT2D eigenvalue weighted by atomic mass is 10.0. The van der Waals surface area contributed by atoms with E-state index >= 15 is 0 Å². The summed E-state index contributed by atoms with van der Waals surface area (Å²) in [5.74, 6) is -0.574. The van der Waals surface area contributed by atoms with E-state index in [1.807, 2.05) is 0 Å². The predicted molar refractivity (Wildman–Crippen MR) is 49.2 cm³/mol. The molecule has 1 atom stereocenters. The first kappa shape index (κ1) is 10.3. The second-order valence-corrected chi connectivity index (χ2v) is 4.39. The molecule has 0 bridgehead atoms. The van der Waals surface area contributed by atoms with Crippen molar-refractivity contribution in [3.8, 4) is 0 Å². The van der Waals surface area contributed by atoms with E-state index in [9.17, 15) is 5.21 Å². The molecule has 0 aromatic heterocycles. The second kappa shape index (κ2) is 3.43. The molecule has 2 aliphatic rings. The fourth-order valence-electron chi connectivity index (χ4n) is 2.02. The zero-order valence-electron chi connectivity index (χ0n) is 8.44. The van der Waals surface area contributed by atoms with Crippen molar-refractivity contribution in [2.45, 2.75) is 24.7 Å². The fraction of sp³-hybridized carbons (Fsp3) is 1.00. The van der Waals surface area contributed by atoms with Gasteiger partial charge >= 0.3 is 0 Å². The Morgan fingerprint density at radius 3 is 2.64 bits per heavy atom. The zero-order valence-corrected chi connectivity index (χ0v) is 8.44. The lowest BCUT2D eigenvalue weighted by molar-refractivity contribution is -0.870. The summed E-state index contributed by atoms with van der Waals surface area (Å²) >= 11 is 0. The van der Waals surface area contributed by atoms with Crippen LogP contribution in [0.3, 0.4) is 0 Å². The van der Waals surface area contributed by atoms with Crippen molar-refractivity contribution in [2.75, 3.05) is 33.4 Å². The molecule has 1 spiro atoms. The summed E-state index contributed by atoms with van der Waals surface area (Å²) in [6.45, 7) is 1.49. The van der Waals surface area contributed by atoms with Gasteiger partial charge in [0.25, 0.3) is 0 Å². The molecule has 0 aromatic carbocycles. The van der Waals surface area contributed by atoms with Crippen LogP contribution in [0.4, 0.5) is 0 Å².